The maximum absolute atomic E-state index is 13.8. The first-order valence-electron chi connectivity index (χ1n) is 6.81. The number of anilines is 1. The minimum atomic E-state index is -0.423. The second kappa shape index (κ2) is 7.10. The SMILES string of the molecule is O=C(Cn1cc(Br)cn1)Nc1ncn(Cc2c(F)cccc2Cl)n1. The van der Waals surface area contributed by atoms with Gasteiger partial charge in [0.25, 0.3) is 0 Å². The summed E-state index contributed by atoms with van der Waals surface area (Å²) in [5, 5.41) is 10.9. The fourth-order valence-electron chi connectivity index (χ4n) is 2.01. The molecule has 2 aromatic heterocycles. The number of aromatic nitrogens is 5. The van der Waals surface area contributed by atoms with Gasteiger partial charge in [-0.05, 0) is 28.1 Å². The predicted molar refractivity (Wildman–Crippen MR) is 89.1 cm³/mol. The Kier molecular flexibility index (Phi) is 4.91. The smallest absolute Gasteiger partial charge is 0.248 e. The lowest BCUT2D eigenvalue weighted by atomic mass is 10.2. The highest BCUT2D eigenvalue weighted by Crippen LogP contribution is 2.19. The van der Waals surface area contributed by atoms with E-state index in [0.717, 1.165) is 4.47 Å². The molecule has 24 heavy (non-hydrogen) atoms. The minimum absolute atomic E-state index is 0.0271. The van der Waals surface area contributed by atoms with Crippen molar-refractivity contribution in [2.45, 2.75) is 13.1 Å². The highest BCUT2D eigenvalue weighted by atomic mass is 79.9. The molecule has 1 amide bonds. The molecule has 124 valence electrons. The third-order valence-electron chi connectivity index (χ3n) is 3.08. The van der Waals surface area contributed by atoms with E-state index in [1.165, 1.54) is 27.8 Å². The Balaban J connectivity index is 1.64. The summed E-state index contributed by atoms with van der Waals surface area (Å²) in [7, 11) is 0. The molecule has 2 heterocycles. The molecule has 0 unspecified atom stereocenters. The summed E-state index contributed by atoms with van der Waals surface area (Å²) in [5.74, 6) is -0.626. The van der Waals surface area contributed by atoms with Gasteiger partial charge in [0.15, 0.2) is 0 Å². The Labute approximate surface area is 149 Å². The molecule has 0 saturated carbocycles. The van der Waals surface area contributed by atoms with E-state index in [0.29, 0.717) is 10.6 Å². The summed E-state index contributed by atoms with van der Waals surface area (Å²) in [6, 6.07) is 4.45. The summed E-state index contributed by atoms with van der Waals surface area (Å²) in [4.78, 5) is 15.9. The van der Waals surface area contributed by atoms with Gasteiger partial charge in [-0.25, -0.2) is 14.1 Å². The number of amides is 1. The van der Waals surface area contributed by atoms with Gasteiger partial charge in [-0.2, -0.15) is 5.10 Å². The monoisotopic (exact) mass is 412 g/mol. The molecule has 3 rings (SSSR count). The number of rotatable bonds is 5. The van der Waals surface area contributed by atoms with Crippen molar-refractivity contribution in [1.29, 1.82) is 0 Å². The maximum Gasteiger partial charge on any atom is 0.248 e. The second-order valence-electron chi connectivity index (χ2n) is 4.87. The van der Waals surface area contributed by atoms with Crippen LogP contribution in [0.25, 0.3) is 0 Å². The average Bonchev–Trinajstić information content (AvgIpc) is 3.12. The van der Waals surface area contributed by atoms with Crippen LogP contribution in [0.15, 0.2) is 41.4 Å². The van der Waals surface area contributed by atoms with Gasteiger partial charge in [-0.15, -0.1) is 5.10 Å². The minimum Gasteiger partial charge on any atom is -0.292 e. The summed E-state index contributed by atoms with van der Waals surface area (Å²) < 4.78 is 17.4. The van der Waals surface area contributed by atoms with E-state index in [1.807, 2.05) is 0 Å². The van der Waals surface area contributed by atoms with E-state index in [9.17, 15) is 9.18 Å². The highest BCUT2D eigenvalue weighted by molar-refractivity contribution is 9.10. The molecule has 0 spiro atoms. The zero-order chi connectivity index (χ0) is 17.1. The molecule has 7 nitrogen and oxygen atoms in total. The van der Waals surface area contributed by atoms with E-state index in [2.05, 4.69) is 36.4 Å². The number of carbonyl (C=O) groups is 1. The van der Waals surface area contributed by atoms with Gasteiger partial charge in [-0.1, -0.05) is 17.7 Å². The summed E-state index contributed by atoms with van der Waals surface area (Å²) in [6.45, 7) is 0.139. The Hall–Kier alpha value is -2.26. The molecule has 0 aliphatic carbocycles. The van der Waals surface area contributed by atoms with Crippen LogP contribution in [0.2, 0.25) is 5.02 Å². The molecule has 1 N–H and O–H groups in total. The van der Waals surface area contributed by atoms with Crippen molar-refractivity contribution >= 4 is 39.4 Å². The first-order valence-corrected chi connectivity index (χ1v) is 7.98. The van der Waals surface area contributed by atoms with Gasteiger partial charge in [-0.3, -0.25) is 14.8 Å². The molecule has 1 aromatic carbocycles. The van der Waals surface area contributed by atoms with Crippen LogP contribution in [-0.4, -0.2) is 30.5 Å². The second-order valence-corrected chi connectivity index (χ2v) is 6.19. The van der Waals surface area contributed by atoms with Crippen molar-refractivity contribution in [3.8, 4) is 0 Å². The highest BCUT2D eigenvalue weighted by Gasteiger charge is 2.11. The van der Waals surface area contributed by atoms with Crippen LogP contribution in [0.5, 0.6) is 0 Å². The zero-order valence-corrected chi connectivity index (χ0v) is 14.5. The summed E-state index contributed by atoms with van der Waals surface area (Å²) >= 11 is 9.23. The average molecular weight is 414 g/mol. The standard InChI is InChI=1S/C14H11BrClFN6O/c15-9-4-19-22(5-9)7-13(24)20-14-18-8-23(21-14)6-10-11(16)2-1-3-12(10)17/h1-5,8H,6-7H2,(H,20,21,24). The summed E-state index contributed by atoms with van der Waals surface area (Å²) in [6.07, 6.45) is 4.65. The topological polar surface area (TPSA) is 77.6 Å². The fourth-order valence-corrected chi connectivity index (χ4v) is 2.56. The Morgan fingerprint density at radius 2 is 2.21 bits per heavy atom. The van der Waals surface area contributed by atoms with Crippen molar-refractivity contribution in [3.05, 3.63) is 57.8 Å². The van der Waals surface area contributed by atoms with Gasteiger partial charge in [0.05, 0.1) is 17.2 Å². The van der Waals surface area contributed by atoms with Crippen LogP contribution >= 0.6 is 27.5 Å². The van der Waals surface area contributed by atoms with E-state index >= 15 is 0 Å². The lowest BCUT2D eigenvalue weighted by molar-refractivity contribution is -0.116. The lowest BCUT2D eigenvalue weighted by Crippen LogP contribution is -2.20. The van der Waals surface area contributed by atoms with Crippen LogP contribution in [0.3, 0.4) is 0 Å². The molecule has 0 saturated heterocycles. The van der Waals surface area contributed by atoms with Gasteiger partial charge in [0, 0.05) is 16.8 Å². The van der Waals surface area contributed by atoms with Gasteiger partial charge >= 0.3 is 0 Å². The first kappa shape index (κ1) is 16.6. The fraction of sp³-hybridized carbons (Fsp3) is 0.143. The van der Waals surface area contributed by atoms with E-state index in [4.69, 9.17) is 11.6 Å². The van der Waals surface area contributed by atoms with Crippen molar-refractivity contribution in [2.75, 3.05) is 5.32 Å². The van der Waals surface area contributed by atoms with Gasteiger partial charge in [0.1, 0.15) is 18.7 Å². The molecule has 0 fully saturated rings. The molecule has 0 atom stereocenters. The number of hydrogen-bond acceptors (Lipinski definition) is 4. The largest absolute Gasteiger partial charge is 0.292 e. The molecule has 3 aromatic rings. The first-order chi connectivity index (χ1) is 11.5. The van der Waals surface area contributed by atoms with Crippen molar-refractivity contribution in [1.82, 2.24) is 24.5 Å². The molecule has 0 bridgehead atoms. The van der Waals surface area contributed by atoms with Crippen LogP contribution < -0.4 is 5.32 Å². The number of carbonyl (C=O) groups excluding carboxylic acids is 1. The molecule has 0 aliphatic heterocycles. The maximum atomic E-state index is 13.8. The Morgan fingerprint density at radius 1 is 1.38 bits per heavy atom. The van der Waals surface area contributed by atoms with Crippen LogP contribution in [0.1, 0.15) is 5.56 Å². The van der Waals surface area contributed by atoms with Gasteiger partial charge in [0.2, 0.25) is 11.9 Å². The van der Waals surface area contributed by atoms with Gasteiger partial charge < -0.3 is 0 Å². The predicted octanol–water partition coefficient (Wildman–Crippen LogP) is 2.72. The van der Waals surface area contributed by atoms with Crippen LogP contribution in [0, 0.1) is 5.82 Å². The number of benzene rings is 1. The molecular weight excluding hydrogens is 403 g/mol. The summed E-state index contributed by atoms with van der Waals surface area (Å²) in [5.41, 5.74) is 0.309. The third kappa shape index (κ3) is 3.98. The zero-order valence-electron chi connectivity index (χ0n) is 12.2. The Morgan fingerprint density at radius 3 is 2.92 bits per heavy atom. The van der Waals surface area contributed by atoms with Crippen molar-refractivity contribution in [2.24, 2.45) is 0 Å². The van der Waals surface area contributed by atoms with E-state index in [-0.39, 0.29) is 24.9 Å². The molecule has 10 heteroatoms. The van der Waals surface area contributed by atoms with E-state index < -0.39 is 5.82 Å². The Bertz CT molecular complexity index is 860. The van der Waals surface area contributed by atoms with Crippen LogP contribution in [0.4, 0.5) is 10.3 Å². The van der Waals surface area contributed by atoms with Crippen molar-refractivity contribution in [3.63, 3.8) is 0 Å². The lowest BCUT2D eigenvalue weighted by Gasteiger charge is -2.05. The third-order valence-corrected chi connectivity index (χ3v) is 3.84. The molecule has 0 radical (unpaired) electrons. The van der Waals surface area contributed by atoms with Crippen molar-refractivity contribution < 1.29 is 9.18 Å². The normalized spacial score (nSPS) is 10.8. The molecule has 0 aliphatic rings. The quantitative estimate of drug-likeness (QED) is 0.698. The molecular formula is C14H11BrClFN6O. The van der Waals surface area contributed by atoms with E-state index in [1.54, 1.807) is 18.5 Å². The number of nitrogens with zero attached hydrogens (tertiary/aromatic N) is 5. The number of hydrogen-bond donors (Lipinski definition) is 1. The van der Waals surface area contributed by atoms with Crippen LogP contribution in [-0.2, 0) is 17.9 Å². The number of halogens is 3. The number of nitrogens with one attached hydrogen (secondary N) is 1.